The molecule has 0 aliphatic carbocycles. The van der Waals surface area contributed by atoms with Crippen LogP contribution < -0.4 is 15.5 Å². The number of nitrogens with zero attached hydrogens (tertiary/aromatic N) is 2. The minimum absolute atomic E-state index is 0. The van der Waals surface area contributed by atoms with E-state index in [1.54, 1.807) is 11.8 Å². The van der Waals surface area contributed by atoms with Crippen LogP contribution in [0.2, 0.25) is 0 Å². The highest BCUT2D eigenvalue weighted by Crippen LogP contribution is 2.32. The fourth-order valence-electron chi connectivity index (χ4n) is 3.65. The van der Waals surface area contributed by atoms with Crippen LogP contribution in [0, 0.1) is 6.92 Å². The predicted molar refractivity (Wildman–Crippen MR) is 115 cm³/mol. The van der Waals surface area contributed by atoms with Gasteiger partial charge >= 0.3 is 0 Å². The van der Waals surface area contributed by atoms with Crippen molar-refractivity contribution in [3.8, 4) is 0 Å². The number of fused-ring (bicyclic) bond motifs is 1. The van der Waals surface area contributed by atoms with Gasteiger partial charge in [-0.2, -0.15) is 0 Å². The van der Waals surface area contributed by atoms with Gasteiger partial charge in [-0.3, -0.25) is 4.79 Å². The topological polar surface area (TPSA) is 73.0 Å². The summed E-state index contributed by atoms with van der Waals surface area (Å²) in [5.41, 5.74) is 3.17. The lowest BCUT2D eigenvalue weighted by molar-refractivity contribution is -0.116. The first kappa shape index (κ1) is 20.0. The highest BCUT2D eigenvalue weighted by atomic mass is 35.5. The van der Waals surface area contributed by atoms with Gasteiger partial charge in [-0.05, 0) is 37.9 Å². The van der Waals surface area contributed by atoms with Crippen molar-refractivity contribution in [1.29, 1.82) is 0 Å². The normalized spacial score (nSPS) is 20.1. The van der Waals surface area contributed by atoms with Crippen LogP contribution in [0.1, 0.15) is 24.8 Å². The molecule has 4 heterocycles. The van der Waals surface area contributed by atoms with Crippen LogP contribution in [0.5, 0.6) is 0 Å². The molecule has 0 bridgehead atoms. The lowest BCUT2D eigenvalue weighted by atomic mass is 10.1. The third-order valence-corrected chi connectivity index (χ3v) is 6.05. The van der Waals surface area contributed by atoms with Crippen LogP contribution in [-0.2, 0) is 4.79 Å². The van der Waals surface area contributed by atoms with Crippen molar-refractivity contribution >= 4 is 46.8 Å². The molecule has 1 fully saturated rings. The third-order valence-electron chi connectivity index (χ3n) is 5.07. The number of aromatic amines is 1. The number of aromatic nitrogens is 2. The number of hydrogen-bond donors (Lipinski definition) is 3. The van der Waals surface area contributed by atoms with E-state index < -0.39 is 0 Å². The second-order valence-electron chi connectivity index (χ2n) is 6.92. The van der Waals surface area contributed by atoms with Crippen LogP contribution >= 0.6 is 24.2 Å². The number of carbonyl (C=O) groups excluding carboxylic acids is 1. The van der Waals surface area contributed by atoms with Crippen molar-refractivity contribution < 1.29 is 4.79 Å². The Morgan fingerprint density at radius 2 is 2.33 bits per heavy atom. The fraction of sp³-hybridized carbons (Fsp3) is 0.474. The van der Waals surface area contributed by atoms with Gasteiger partial charge in [-0.1, -0.05) is 6.42 Å². The first-order chi connectivity index (χ1) is 12.7. The summed E-state index contributed by atoms with van der Waals surface area (Å²) in [5, 5.41) is 7.70. The Morgan fingerprint density at radius 1 is 1.44 bits per heavy atom. The Morgan fingerprint density at radius 3 is 3.15 bits per heavy atom. The highest BCUT2D eigenvalue weighted by molar-refractivity contribution is 8.04. The summed E-state index contributed by atoms with van der Waals surface area (Å²) in [4.78, 5) is 23.2. The lowest BCUT2D eigenvalue weighted by Crippen LogP contribution is -2.44. The molecule has 3 N–H and O–H groups in total. The van der Waals surface area contributed by atoms with Gasteiger partial charge in [0.1, 0.15) is 5.65 Å². The smallest absolute Gasteiger partial charge is 0.259 e. The molecule has 0 unspecified atom stereocenters. The summed E-state index contributed by atoms with van der Waals surface area (Å²) < 4.78 is 0. The lowest BCUT2D eigenvalue weighted by Gasteiger charge is -2.27. The SMILES string of the molecule is Cc1c[nH]c2nccc(N3C=C(C(=O)NC[C@H]4CCCCN4)SCC3)c12.Cl. The minimum atomic E-state index is 0. The molecule has 146 valence electrons. The predicted octanol–water partition coefficient (Wildman–Crippen LogP) is 2.95. The molecule has 1 saturated heterocycles. The molecular formula is C19H26ClN5OS. The Balaban J connectivity index is 0.00000210. The zero-order valence-corrected chi connectivity index (χ0v) is 17.1. The van der Waals surface area contributed by atoms with Crippen LogP contribution in [-0.4, -0.2) is 47.3 Å². The first-order valence-corrected chi connectivity index (χ1v) is 10.3. The van der Waals surface area contributed by atoms with Crippen LogP contribution in [0.25, 0.3) is 11.0 Å². The largest absolute Gasteiger partial charge is 0.350 e. The van der Waals surface area contributed by atoms with E-state index in [0.29, 0.717) is 12.6 Å². The van der Waals surface area contributed by atoms with E-state index in [4.69, 9.17) is 0 Å². The first-order valence-electron chi connectivity index (χ1n) is 9.28. The van der Waals surface area contributed by atoms with E-state index in [2.05, 4.69) is 32.4 Å². The number of hydrogen-bond acceptors (Lipinski definition) is 5. The summed E-state index contributed by atoms with van der Waals surface area (Å²) >= 11 is 1.63. The molecular weight excluding hydrogens is 382 g/mol. The second kappa shape index (κ2) is 8.99. The van der Waals surface area contributed by atoms with Gasteiger partial charge in [0.2, 0.25) is 0 Å². The monoisotopic (exact) mass is 407 g/mol. The third kappa shape index (κ3) is 4.42. The zero-order chi connectivity index (χ0) is 17.9. The number of carbonyl (C=O) groups is 1. The molecule has 4 rings (SSSR count). The fourth-order valence-corrected chi connectivity index (χ4v) is 4.56. The van der Waals surface area contributed by atoms with E-state index in [9.17, 15) is 4.79 Å². The minimum Gasteiger partial charge on any atom is -0.350 e. The van der Waals surface area contributed by atoms with Gasteiger partial charge in [-0.25, -0.2) is 4.98 Å². The quantitative estimate of drug-likeness (QED) is 0.726. The standard InChI is InChI=1S/C19H25N5OS.ClH/c1-13-10-22-18-17(13)15(5-7-21-18)24-8-9-26-16(12-24)19(25)23-11-14-4-2-3-6-20-14;/h5,7,10,12,14,20H,2-4,6,8-9,11H2,1H3,(H,21,22)(H,23,25);1H/t14-;/m1./s1. The molecule has 8 heteroatoms. The van der Waals surface area contributed by atoms with Crippen molar-refractivity contribution in [1.82, 2.24) is 20.6 Å². The van der Waals surface area contributed by atoms with Gasteiger partial charge in [0.05, 0.1) is 10.6 Å². The molecule has 1 atom stereocenters. The molecule has 0 aromatic carbocycles. The van der Waals surface area contributed by atoms with E-state index >= 15 is 0 Å². The summed E-state index contributed by atoms with van der Waals surface area (Å²) in [6.45, 7) is 4.72. The number of rotatable bonds is 4. The Kier molecular flexibility index (Phi) is 6.68. The number of thioether (sulfide) groups is 1. The van der Waals surface area contributed by atoms with Gasteiger partial charge in [0.25, 0.3) is 5.91 Å². The average molecular weight is 408 g/mol. The highest BCUT2D eigenvalue weighted by Gasteiger charge is 2.21. The summed E-state index contributed by atoms with van der Waals surface area (Å²) in [7, 11) is 0. The van der Waals surface area contributed by atoms with Gasteiger partial charge < -0.3 is 20.5 Å². The molecule has 2 aliphatic rings. The Hall–Kier alpha value is -1.70. The van der Waals surface area contributed by atoms with Crippen LogP contribution in [0.15, 0.2) is 29.6 Å². The molecule has 0 saturated carbocycles. The molecule has 2 aromatic rings. The van der Waals surface area contributed by atoms with Gasteiger partial charge in [-0.15, -0.1) is 24.2 Å². The molecule has 2 aromatic heterocycles. The maximum Gasteiger partial charge on any atom is 0.259 e. The number of aryl methyl sites for hydroxylation is 1. The Bertz CT molecular complexity index is 831. The number of anilines is 1. The van der Waals surface area contributed by atoms with E-state index in [1.165, 1.54) is 18.4 Å². The number of halogens is 1. The molecule has 2 aliphatic heterocycles. The second-order valence-corrected chi connectivity index (χ2v) is 8.05. The molecule has 1 amide bonds. The average Bonchev–Trinajstić information content (AvgIpc) is 3.08. The summed E-state index contributed by atoms with van der Waals surface area (Å²) in [6.07, 6.45) is 9.40. The van der Waals surface area contributed by atoms with E-state index in [1.807, 2.05) is 24.7 Å². The van der Waals surface area contributed by atoms with Crippen molar-refractivity contribution in [2.24, 2.45) is 0 Å². The molecule has 6 nitrogen and oxygen atoms in total. The van der Waals surface area contributed by atoms with E-state index in [0.717, 1.165) is 46.9 Å². The van der Waals surface area contributed by atoms with Crippen LogP contribution in [0.4, 0.5) is 5.69 Å². The molecule has 0 radical (unpaired) electrons. The van der Waals surface area contributed by atoms with Crippen LogP contribution in [0.3, 0.4) is 0 Å². The number of nitrogens with one attached hydrogen (secondary N) is 3. The van der Waals surface area contributed by atoms with Gasteiger partial charge in [0.15, 0.2) is 0 Å². The van der Waals surface area contributed by atoms with Crippen molar-refractivity contribution in [3.63, 3.8) is 0 Å². The molecule has 0 spiro atoms. The van der Waals surface area contributed by atoms with Crippen molar-refractivity contribution in [2.45, 2.75) is 32.2 Å². The summed E-state index contributed by atoms with van der Waals surface area (Å²) in [6, 6.07) is 2.43. The Labute approximate surface area is 170 Å². The summed E-state index contributed by atoms with van der Waals surface area (Å²) in [5.74, 6) is 0.928. The number of pyridine rings is 1. The molecule has 27 heavy (non-hydrogen) atoms. The van der Waals surface area contributed by atoms with E-state index in [-0.39, 0.29) is 18.3 Å². The maximum absolute atomic E-state index is 12.6. The number of H-pyrrole nitrogens is 1. The van der Waals surface area contributed by atoms with Crippen molar-refractivity contribution in [3.05, 3.63) is 35.1 Å². The number of piperidine rings is 1. The van der Waals surface area contributed by atoms with Crippen molar-refractivity contribution in [2.75, 3.05) is 30.3 Å². The zero-order valence-electron chi connectivity index (χ0n) is 15.5. The number of amides is 1. The maximum atomic E-state index is 12.6. The van der Waals surface area contributed by atoms with Gasteiger partial charge in [0, 0.05) is 48.9 Å².